The predicted octanol–water partition coefficient (Wildman–Crippen LogP) is 4.76. The van der Waals surface area contributed by atoms with Crippen molar-refractivity contribution in [3.8, 4) is 0 Å². The van der Waals surface area contributed by atoms with Crippen LogP contribution in [0.4, 0.5) is 4.79 Å². The van der Waals surface area contributed by atoms with Gasteiger partial charge in [-0.15, -0.1) is 0 Å². The number of carbonyl (C=O) groups excluding carboxylic acids is 3. The highest BCUT2D eigenvalue weighted by molar-refractivity contribution is 6.11. The van der Waals surface area contributed by atoms with Crippen molar-refractivity contribution < 1.29 is 14.4 Å². The number of benzene rings is 2. The van der Waals surface area contributed by atoms with Crippen molar-refractivity contribution in [2.75, 3.05) is 6.54 Å². The maximum Gasteiger partial charge on any atom is 0.325 e. The van der Waals surface area contributed by atoms with E-state index in [0.717, 1.165) is 16.0 Å². The highest BCUT2D eigenvalue weighted by Crippen LogP contribution is 2.31. The standard InChI is InChI=1S/C25H30N2O3/c1-16(2)17-7-9-18(10-8-17)21(28)15-27-22(29)25(6,26-23(27)30)20-13-11-19(12-14-20)24(3,4)5/h7-14,16H,15H2,1-6H3,(H,26,30). The largest absolute Gasteiger partial charge is 0.325 e. The van der Waals surface area contributed by atoms with Crippen LogP contribution in [0.2, 0.25) is 0 Å². The summed E-state index contributed by atoms with van der Waals surface area (Å²) in [7, 11) is 0. The first kappa shape index (κ1) is 21.8. The maximum atomic E-state index is 13.1. The van der Waals surface area contributed by atoms with Crippen molar-refractivity contribution in [2.45, 2.75) is 58.4 Å². The molecule has 1 fully saturated rings. The van der Waals surface area contributed by atoms with Crippen LogP contribution in [-0.2, 0) is 15.7 Å². The molecule has 3 rings (SSSR count). The van der Waals surface area contributed by atoms with Crippen LogP contribution in [0.3, 0.4) is 0 Å². The van der Waals surface area contributed by atoms with E-state index in [1.54, 1.807) is 19.1 Å². The fourth-order valence-electron chi connectivity index (χ4n) is 3.63. The van der Waals surface area contributed by atoms with E-state index < -0.39 is 17.5 Å². The van der Waals surface area contributed by atoms with E-state index in [4.69, 9.17) is 0 Å². The number of nitrogens with zero attached hydrogens (tertiary/aromatic N) is 1. The van der Waals surface area contributed by atoms with Crippen LogP contribution in [0.25, 0.3) is 0 Å². The molecule has 1 atom stereocenters. The molecule has 1 saturated heterocycles. The quantitative estimate of drug-likeness (QED) is 0.575. The van der Waals surface area contributed by atoms with Crippen molar-refractivity contribution in [3.63, 3.8) is 0 Å². The third-order valence-corrected chi connectivity index (χ3v) is 5.80. The third kappa shape index (κ3) is 4.02. The highest BCUT2D eigenvalue weighted by atomic mass is 16.2. The Morgan fingerprint density at radius 3 is 2.07 bits per heavy atom. The van der Waals surface area contributed by atoms with Crippen LogP contribution in [-0.4, -0.2) is 29.2 Å². The van der Waals surface area contributed by atoms with E-state index in [2.05, 4.69) is 39.9 Å². The van der Waals surface area contributed by atoms with Gasteiger partial charge in [-0.25, -0.2) is 4.79 Å². The molecule has 5 heteroatoms. The Morgan fingerprint density at radius 1 is 1.00 bits per heavy atom. The molecule has 2 aromatic carbocycles. The summed E-state index contributed by atoms with van der Waals surface area (Å²) in [6, 6.07) is 14.5. The van der Waals surface area contributed by atoms with Crippen molar-refractivity contribution in [1.82, 2.24) is 10.2 Å². The Morgan fingerprint density at radius 2 is 1.57 bits per heavy atom. The summed E-state index contributed by atoms with van der Waals surface area (Å²) < 4.78 is 0. The summed E-state index contributed by atoms with van der Waals surface area (Å²) in [5.74, 6) is -0.310. The number of rotatable bonds is 5. The number of Topliss-reactive ketones (excluding diaryl/α,β-unsaturated/α-hetero) is 1. The third-order valence-electron chi connectivity index (χ3n) is 5.80. The molecule has 0 aliphatic carbocycles. The number of imide groups is 1. The van der Waals surface area contributed by atoms with Crippen LogP contribution in [0.1, 0.15) is 74.5 Å². The van der Waals surface area contributed by atoms with Crippen molar-refractivity contribution >= 4 is 17.7 Å². The average molecular weight is 407 g/mol. The summed E-state index contributed by atoms with van der Waals surface area (Å²) in [4.78, 5) is 39.4. The van der Waals surface area contributed by atoms with E-state index in [1.807, 2.05) is 36.4 Å². The van der Waals surface area contributed by atoms with Gasteiger partial charge in [-0.05, 0) is 34.9 Å². The van der Waals surface area contributed by atoms with E-state index in [1.165, 1.54) is 0 Å². The zero-order valence-corrected chi connectivity index (χ0v) is 18.6. The van der Waals surface area contributed by atoms with Crippen LogP contribution in [0.5, 0.6) is 0 Å². The summed E-state index contributed by atoms with van der Waals surface area (Å²) in [5.41, 5.74) is 2.27. The first-order valence-electron chi connectivity index (χ1n) is 10.3. The molecule has 5 nitrogen and oxygen atoms in total. The fourth-order valence-corrected chi connectivity index (χ4v) is 3.63. The molecule has 1 aliphatic heterocycles. The molecule has 3 amide bonds. The highest BCUT2D eigenvalue weighted by Gasteiger charge is 2.49. The van der Waals surface area contributed by atoms with Gasteiger partial charge in [0.1, 0.15) is 5.54 Å². The monoisotopic (exact) mass is 406 g/mol. The van der Waals surface area contributed by atoms with Gasteiger partial charge in [0.2, 0.25) is 0 Å². The topological polar surface area (TPSA) is 66.5 Å². The lowest BCUT2D eigenvalue weighted by molar-refractivity contribution is -0.130. The number of ketones is 1. The average Bonchev–Trinajstić information content (AvgIpc) is 2.91. The SMILES string of the molecule is CC(C)c1ccc(C(=O)CN2C(=O)NC(C)(c3ccc(C(C)(C)C)cc3)C2=O)cc1. The second-order valence-corrected chi connectivity index (χ2v) is 9.47. The molecule has 0 spiro atoms. The van der Waals surface area contributed by atoms with Crippen LogP contribution in [0, 0.1) is 0 Å². The molecular weight excluding hydrogens is 376 g/mol. The molecule has 1 N–H and O–H groups in total. The van der Waals surface area contributed by atoms with Crippen LogP contribution < -0.4 is 5.32 Å². The lowest BCUT2D eigenvalue weighted by atomic mass is 9.84. The second kappa shape index (κ2) is 7.71. The summed E-state index contributed by atoms with van der Waals surface area (Å²) >= 11 is 0. The van der Waals surface area contributed by atoms with Gasteiger partial charge in [-0.3, -0.25) is 14.5 Å². The smallest absolute Gasteiger partial charge is 0.319 e. The normalized spacial score (nSPS) is 19.4. The molecule has 30 heavy (non-hydrogen) atoms. The zero-order valence-electron chi connectivity index (χ0n) is 18.6. The Bertz CT molecular complexity index is 969. The zero-order chi connectivity index (χ0) is 22.3. The van der Waals surface area contributed by atoms with E-state index >= 15 is 0 Å². The Kier molecular flexibility index (Phi) is 5.59. The number of nitrogens with one attached hydrogen (secondary N) is 1. The van der Waals surface area contributed by atoms with E-state index in [0.29, 0.717) is 17.0 Å². The molecule has 1 unspecified atom stereocenters. The molecule has 2 aromatic rings. The van der Waals surface area contributed by atoms with Gasteiger partial charge in [-0.1, -0.05) is 83.1 Å². The Labute approximate surface area is 178 Å². The van der Waals surface area contributed by atoms with Gasteiger partial charge in [0.25, 0.3) is 5.91 Å². The number of hydrogen-bond donors (Lipinski definition) is 1. The van der Waals surface area contributed by atoms with Gasteiger partial charge < -0.3 is 5.32 Å². The fraction of sp³-hybridized carbons (Fsp3) is 0.400. The number of carbonyl (C=O) groups is 3. The molecule has 0 radical (unpaired) electrons. The minimum Gasteiger partial charge on any atom is -0.319 e. The van der Waals surface area contributed by atoms with Gasteiger partial charge in [-0.2, -0.15) is 0 Å². The van der Waals surface area contributed by atoms with E-state index in [-0.39, 0.29) is 17.7 Å². The van der Waals surface area contributed by atoms with Crippen LogP contribution in [0.15, 0.2) is 48.5 Å². The number of amides is 3. The first-order valence-corrected chi connectivity index (χ1v) is 10.3. The van der Waals surface area contributed by atoms with E-state index in [9.17, 15) is 14.4 Å². The molecule has 0 saturated carbocycles. The minimum atomic E-state index is -1.19. The lowest BCUT2D eigenvalue weighted by Crippen LogP contribution is -2.41. The first-order chi connectivity index (χ1) is 13.9. The molecule has 0 aromatic heterocycles. The lowest BCUT2D eigenvalue weighted by Gasteiger charge is -2.24. The van der Waals surface area contributed by atoms with Crippen LogP contribution >= 0.6 is 0 Å². The Hall–Kier alpha value is -2.95. The van der Waals surface area contributed by atoms with Crippen molar-refractivity contribution in [3.05, 3.63) is 70.8 Å². The van der Waals surface area contributed by atoms with Gasteiger partial charge in [0, 0.05) is 5.56 Å². The van der Waals surface area contributed by atoms with Gasteiger partial charge in [0.15, 0.2) is 5.78 Å². The molecule has 1 aliphatic rings. The summed E-state index contributed by atoms with van der Waals surface area (Å²) in [6.07, 6.45) is 0. The van der Waals surface area contributed by atoms with Crippen molar-refractivity contribution in [1.29, 1.82) is 0 Å². The summed E-state index contributed by atoms with van der Waals surface area (Å²) in [5, 5.41) is 2.77. The minimum absolute atomic E-state index is 0.00800. The molecule has 1 heterocycles. The molecule has 158 valence electrons. The second-order valence-electron chi connectivity index (χ2n) is 9.47. The maximum absolute atomic E-state index is 13.1. The van der Waals surface area contributed by atoms with Gasteiger partial charge in [0.05, 0.1) is 6.54 Å². The predicted molar refractivity (Wildman–Crippen MR) is 118 cm³/mol. The van der Waals surface area contributed by atoms with Gasteiger partial charge >= 0.3 is 6.03 Å². The molecular formula is C25H30N2O3. The summed E-state index contributed by atoms with van der Waals surface area (Å²) in [6.45, 7) is 11.9. The Balaban J connectivity index is 1.79. The number of hydrogen-bond acceptors (Lipinski definition) is 3. The molecule has 0 bridgehead atoms. The van der Waals surface area contributed by atoms with Crippen molar-refractivity contribution in [2.24, 2.45) is 0 Å². The number of urea groups is 1.